The molecule has 0 fully saturated rings. The Balaban J connectivity index is 3.23. The highest BCUT2D eigenvalue weighted by atomic mass is 35.5. The molecule has 0 aliphatic carbocycles. The van der Waals surface area contributed by atoms with Crippen LogP contribution < -0.4 is 5.73 Å². The highest BCUT2D eigenvalue weighted by Crippen LogP contribution is 2.10. The van der Waals surface area contributed by atoms with Gasteiger partial charge in [0.05, 0.1) is 6.33 Å². The zero-order chi connectivity index (χ0) is 7.72. The Hall–Kier alpha value is -1.03. The van der Waals surface area contributed by atoms with Crippen molar-refractivity contribution >= 4 is 17.4 Å². The second-order valence-electron chi connectivity index (χ2n) is 1.91. The van der Waals surface area contributed by atoms with Gasteiger partial charge in [0, 0.05) is 7.05 Å². The van der Waals surface area contributed by atoms with E-state index in [0.29, 0.717) is 5.69 Å². The summed E-state index contributed by atoms with van der Waals surface area (Å²) in [5.74, 6) is -0.0648. The van der Waals surface area contributed by atoms with Crippen LogP contribution in [0.3, 0.4) is 0 Å². The maximum Gasteiger partial charge on any atom is 0.158 e. The molecule has 0 amide bonds. The summed E-state index contributed by atoms with van der Waals surface area (Å²) < 4.78 is 1.60. The molecule has 0 unspecified atom stereocenters. The lowest BCUT2D eigenvalue weighted by Gasteiger charge is -1.97. The van der Waals surface area contributed by atoms with Gasteiger partial charge in [-0.15, -0.1) is 0 Å². The Labute approximate surface area is 63.1 Å². The second kappa shape index (κ2) is 2.30. The minimum absolute atomic E-state index is 0.0648. The molecule has 4 nitrogen and oxygen atoms in total. The number of imidazole rings is 1. The van der Waals surface area contributed by atoms with Gasteiger partial charge >= 0.3 is 0 Å². The molecule has 0 saturated heterocycles. The summed E-state index contributed by atoms with van der Waals surface area (Å²) in [5, 5.41) is 7.34. The number of hydrogen-bond donors (Lipinski definition) is 2. The van der Waals surface area contributed by atoms with Gasteiger partial charge in [-0.2, -0.15) is 0 Å². The van der Waals surface area contributed by atoms with Crippen LogP contribution in [-0.2, 0) is 7.05 Å². The third-order valence-electron chi connectivity index (χ3n) is 1.15. The number of nitrogens with zero attached hydrogens (tertiary/aromatic N) is 2. The van der Waals surface area contributed by atoms with Gasteiger partial charge < -0.3 is 10.3 Å². The Morgan fingerprint density at radius 3 is 2.70 bits per heavy atom. The number of aryl methyl sites for hydroxylation is 1. The van der Waals surface area contributed by atoms with E-state index in [9.17, 15) is 0 Å². The van der Waals surface area contributed by atoms with Crippen molar-refractivity contribution in [1.82, 2.24) is 9.55 Å². The molecule has 10 heavy (non-hydrogen) atoms. The van der Waals surface area contributed by atoms with E-state index in [1.807, 2.05) is 0 Å². The molecule has 1 heterocycles. The van der Waals surface area contributed by atoms with Crippen molar-refractivity contribution in [3.8, 4) is 0 Å². The van der Waals surface area contributed by atoms with E-state index in [2.05, 4.69) is 4.98 Å². The predicted octanol–water partition coefficient (Wildman–Crippen LogP) is 0.358. The van der Waals surface area contributed by atoms with Crippen LogP contribution in [0.1, 0.15) is 5.69 Å². The van der Waals surface area contributed by atoms with Crippen LogP contribution in [0.5, 0.6) is 0 Å². The third kappa shape index (κ3) is 0.974. The van der Waals surface area contributed by atoms with E-state index in [-0.39, 0.29) is 11.0 Å². The minimum atomic E-state index is -0.0648. The lowest BCUT2D eigenvalue weighted by molar-refractivity contribution is 0.899. The predicted molar refractivity (Wildman–Crippen MR) is 39.2 cm³/mol. The average Bonchev–Trinajstić information content (AvgIpc) is 2.11. The van der Waals surface area contributed by atoms with Crippen LogP contribution in [0.15, 0.2) is 6.33 Å². The van der Waals surface area contributed by atoms with E-state index >= 15 is 0 Å². The van der Waals surface area contributed by atoms with Crippen LogP contribution >= 0.6 is 11.6 Å². The molecule has 0 atom stereocenters. The van der Waals surface area contributed by atoms with Gasteiger partial charge in [0.25, 0.3) is 0 Å². The van der Waals surface area contributed by atoms with Crippen LogP contribution in [0, 0.1) is 5.41 Å². The minimum Gasteiger partial charge on any atom is -0.382 e. The molecule has 0 radical (unpaired) electrons. The number of aromatic nitrogens is 2. The first kappa shape index (κ1) is 7.08. The summed E-state index contributed by atoms with van der Waals surface area (Å²) in [5.41, 5.74) is 5.66. The third-order valence-corrected chi connectivity index (χ3v) is 1.42. The van der Waals surface area contributed by atoms with Crippen molar-refractivity contribution in [2.75, 3.05) is 0 Å². The molecule has 54 valence electrons. The first-order valence-corrected chi connectivity index (χ1v) is 3.02. The number of rotatable bonds is 1. The number of amidine groups is 1. The molecule has 5 heteroatoms. The van der Waals surface area contributed by atoms with E-state index in [1.54, 1.807) is 11.6 Å². The first-order valence-electron chi connectivity index (χ1n) is 2.64. The lowest BCUT2D eigenvalue weighted by Crippen LogP contribution is -2.15. The Kier molecular flexibility index (Phi) is 1.63. The Morgan fingerprint density at radius 2 is 2.50 bits per heavy atom. The topological polar surface area (TPSA) is 67.7 Å². The van der Waals surface area contributed by atoms with Crippen LogP contribution in [0.25, 0.3) is 0 Å². The van der Waals surface area contributed by atoms with Gasteiger partial charge in [0.15, 0.2) is 5.15 Å². The SMILES string of the molecule is Cn1cnc(Cl)c1C(=N)N. The summed E-state index contributed by atoms with van der Waals surface area (Å²) in [7, 11) is 1.73. The Bertz CT molecular complexity index is 245. The largest absolute Gasteiger partial charge is 0.382 e. The van der Waals surface area contributed by atoms with Crippen LogP contribution in [0.4, 0.5) is 0 Å². The maximum atomic E-state index is 7.07. The number of nitrogens with two attached hydrogens (primary N) is 1. The molecule has 1 aromatic rings. The van der Waals surface area contributed by atoms with Gasteiger partial charge in [0.1, 0.15) is 11.5 Å². The molecule has 0 bridgehead atoms. The normalized spacial score (nSPS) is 9.80. The fraction of sp³-hybridized carbons (Fsp3) is 0.200. The second-order valence-corrected chi connectivity index (χ2v) is 2.27. The molecular formula is C5H7ClN4. The fourth-order valence-corrected chi connectivity index (χ4v) is 0.982. The molecule has 0 aromatic carbocycles. The van der Waals surface area contributed by atoms with Crippen LogP contribution in [0.2, 0.25) is 5.15 Å². The van der Waals surface area contributed by atoms with Gasteiger partial charge in [0.2, 0.25) is 0 Å². The van der Waals surface area contributed by atoms with Gasteiger partial charge in [-0.05, 0) is 0 Å². The van der Waals surface area contributed by atoms with E-state index < -0.39 is 0 Å². The van der Waals surface area contributed by atoms with E-state index in [0.717, 1.165) is 0 Å². The summed E-state index contributed by atoms with van der Waals surface area (Å²) in [6.45, 7) is 0. The van der Waals surface area contributed by atoms with Crippen molar-refractivity contribution < 1.29 is 0 Å². The quantitative estimate of drug-likeness (QED) is 0.458. The number of halogens is 1. The number of hydrogen-bond acceptors (Lipinski definition) is 2. The molecule has 0 aliphatic heterocycles. The van der Waals surface area contributed by atoms with E-state index in [1.165, 1.54) is 6.33 Å². The number of nitrogen functional groups attached to an aromatic ring is 1. The smallest absolute Gasteiger partial charge is 0.158 e. The molecule has 0 saturated carbocycles. The van der Waals surface area contributed by atoms with Gasteiger partial charge in [-0.1, -0.05) is 11.6 Å². The molecule has 0 aliphatic rings. The highest BCUT2D eigenvalue weighted by Gasteiger charge is 2.07. The first-order chi connectivity index (χ1) is 4.63. The summed E-state index contributed by atoms with van der Waals surface area (Å²) in [6.07, 6.45) is 1.51. The number of nitrogens with one attached hydrogen (secondary N) is 1. The van der Waals surface area contributed by atoms with Crippen molar-refractivity contribution in [2.45, 2.75) is 0 Å². The van der Waals surface area contributed by atoms with Crippen molar-refractivity contribution in [1.29, 1.82) is 5.41 Å². The molecule has 1 aromatic heterocycles. The Morgan fingerprint density at radius 1 is 1.90 bits per heavy atom. The zero-order valence-electron chi connectivity index (χ0n) is 5.43. The fourth-order valence-electron chi connectivity index (χ4n) is 0.703. The molecular weight excluding hydrogens is 152 g/mol. The molecule has 1 rings (SSSR count). The standard InChI is InChI=1S/C5H7ClN4/c1-10-2-9-4(6)3(10)5(7)8/h2H,1H3,(H3,7,8). The maximum absolute atomic E-state index is 7.07. The monoisotopic (exact) mass is 158 g/mol. The van der Waals surface area contributed by atoms with Gasteiger partial charge in [-0.3, -0.25) is 5.41 Å². The lowest BCUT2D eigenvalue weighted by atomic mass is 10.4. The van der Waals surface area contributed by atoms with Crippen LogP contribution in [-0.4, -0.2) is 15.4 Å². The molecule has 3 N–H and O–H groups in total. The van der Waals surface area contributed by atoms with E-state index in [4.69, 9.17) is 22.7 Å². The summed E-state index contributed by atoms with van der Waals surface area (Å²) in [4.78, 5) is 3.74. The van der Waals surface area contributed by atoms with Gasteiger partial charge in [-0.25, -0.2) is 4.98 Å². The van der Waals surface area contributed by atoms with Crippen molar-refractivity contribution in [3.63, 3.8) is 0 Å². The average molecular weight is 159 g/mol. The summed E-state index contributed by atoms with van der Waals surface area (Å²) in [6, 6.07) is 0. The summed E-state index contributed by atoms with van der Waals surface area (Å²) >= 11 is 5.59. The van der Waals surface area contributed by atoms with Crippen molar-refractivity contribution in [3.05, 3.63) is 17.2 Å². The highest BCUT2D eigenvalue weighted by molar-refractivity contribution is 6.32. The zero-order valence-corrected chi connectivity index (χ0v) is 6.18. The molecule has 0 spiro atoms. The van der Waals surface area contributed by atoms with Crippen molar-refractivity contribution in [2.24, 2.45) is 12.8 Å².